The first-order chi connectivity index (χ1) is 16.1. The van der Waals surface area contributed by atoms with Gasteiger partial charge in [-0.05, 0) is 47.9 Å². The van der Waals surface area contributed by atoms with Crippen molar-refractivity contribution in [3.63, 3.8) is 0 Å². The molecule has 33 heavy (non-hydrogen) atoms. The van der Waals surface area contributed by atoms with E-state index in [4.69, 9.17) is 16.3 Å². The van der Waals surface area contributed by atoms with Gasteiger partial charge in [0, 0.05) is 24.3 Å². The molecule has 0 amide bonds. The van der Waals surface area contributed by atoms with Gasteiger partial charge in [0.1, 0.15) is 22.3 Å². The van der Waals surface area contributed by atoms with Crippen molar-refractivity contribution in [2.75, 3.05) is 5.32 Å². The summed E-state index contributed by atoms with van der Waals surface area (Å²) in [5, 5.41) is 12.2. The summed E-state index contributed by atoms with van der Waals surface area (Å²) in [5.41, 5.74) is 3.72. The Kier molecular flexibility index (Phi) is 7.05. The molecule has 0 fully saturated rings. The Morgan fingerprint density at radius 1 is 1.09 bits per heavy atom. The van der Waals surface area contributed by atoms with Gasteiger partial charge in [0.25, 0.3) is 0 Å². The Morgan fingerprint density at radius 2 is 1.82 bits per heavy atom. The van der Waals surface area contributed by atoms with Crippen LogP contribution in [0.25, 0.3) is 20.4 Å². The number of nitrogens with zero attached hydrogens (tertiary/aromatic N) is 3. The second-order valence-corrected chi connectivity index (χ2v) is 8.42. The van der Waals surface area contributed by atoms with E-state index < -0.39 is 0 Å². The second-order valence-electron chi connectivity index (χ2n) is 7.04. The van der Waals surface area contributed by atoms with Gasteiger partial charge in [0.15, 0.2) is 5.82 Å². The maximum absolute atomic E-state index is 13.1. The number of halogens is 2. The first-order valence-corrected chi connectivity index (χ1v) is 11.8. The number of anilines is 1. The van der Waals surface area contributed by atoms with Gasteiger partial charge in [-0.25, -0.2) is 9.37 Å². The van der Waals surface area contributed by atoms with Gasteiger partial charge < -0.3 is 10.1 Å². The fourth-order valence-corrected chi connectivity index (χ4v) is 4.66. The largest absolute Gasteiger partial charge is 0.472 e. The van der Waals surface area contributed by atoms with Crippen molar-refractivity contribution in [1.29, 1.82) is 0 Å². The van der Waals surface area contributed by atoms with E-state index in [-0.39, 0.29) is 5.82 Å². The van der Waals surface area contributed by atoms with E-state index in [9.17, 15) is 4.39 Å². The number of aromatic nitrogens is 4. The SMILES string of the molecule is CC.Cc1c(Cl)c(OCc2ccncc2)nc2sc3c(NCc4ccc(F)cc4)n[nH]c3c12. The molecular formula is C24H23ClFN5OS. The van der Waals surface area contributed by atoms with E-state index in [1.807, 2.05) is 32.9 Å². The van der Waals surface area contributed by atoms with Gasteiger partial charge in [-0.15, -0.1) is 11.3 Å². The first-order valence-electron chi connectivity index (χ1n) is 10.6. The molecule has 0 saturated carbocycles. The van der Waals surface area contributed by atoms with Crippen molar-refractivity contribution in [3.05, 3.63) is 76.3 Å². The number of aryl methyl sites for hydroxylation is 1. The molecule has 4 aromatic heterocycles. The average molecular weight is 484 g/mol. The van der Waals surface area contributed by atoms with E-state index in [0.29, 0.717) is 24.1 Å². The maximum Gasteiger partial charge on any atom is 0.234 e. The molecule has 0 aliphatic heterocycles. The van der Waals surface area contributed by atoms with Gasteiger partial charge in [0.2, 0.25) is 5.88 Å². The molecule has 0 radical (unpaired) electrons. The predicted molar refractivity (Wildman–Crippen MR) is 133 cm³/mol. The number of benzene rings is 1. The van der Waals surface area contributed by atoms with Crippen molar-refractivity contribution in [1.82, 2.24) is 20.2 Å². The first kappa shape index (κ1) is 22.9. The number of pyridine rings is 2. The van der Waals surface area contributed by atoms with E-state index in [1.165, 1.54) is 23.5 Å². The van der Waals surface area contributed by atoms with Crippen LogP contribution in [0.4, 0.5) is 10.2 Å². The lowest BCUT2D eigenvalue weighted by Gasteiger charge is -2.09. The number of ether oxygens (including phenoxy) is 1. The Bertz CT molecular complexity index is 1370. The third-order valence-electron chi connectivity index (χ3n) is 4.98. The Morgan fingerprint density at radius 3 is 2.55 bits per heavy atom. The van der Waals surface area contributed by atoms with Crippen LogP contribution in [0.3, 0.4) is 0 Å². The topological polar surface area (TPSA) is 75.7 Å². The number of nitrogens with one attached hydrogen (secondary N) is 2. The summed E-state index contributed by atoms with van der Waals surface area (Å²) in [6.07, 6.45) is 3.44. The van der Waals surface area contributed by atoms with Gasteiger partial charge in [-0.3, -0.25) is 10.1 Å². The minimum absolute atomic E-state index is 0.254. The minimum atomic E-state index is -0.254. The van der Waals surface area contributed by atoms with Crippen molar-refractivity contribution in [2.24, 2.45) is 0 Å². The van der Waals surface area contributed by atoms with E-state index >= 15 is 0 Å². The van der Waals surface area contributed by atoms with Crippen LogP contribution in [0.15, 0.2) is 48.8 Å². The van der Waals surface area contributed by atoms with Crippen LogP contribution in [-0.2, 0) is 13.2 Å². The van der Waals surface area contributed by atoms with Crippen molar-refractivity contribution in [2.45, 2.75) is 33.9 Å². The number of thiophene rings is 1. The third-order valence-corrected chi connectivity index (χ3v) is 6.51. The maximum atomic E-state index is 13.1. The molecule has 4 heterocycles. The highest BCUT2D eigenvalue weighted by atomic mass is 35.5. The van der Waals surface area contributed by atoms with Crippen LogP contribution in [0.2, 0.25) is 5.02 Å². The summed E-state index contributed by atoms with van der Waals surface area (Å²) in [7, 11) is 0. The zero-order chi connectivity index (χ0) is 23.4. The van der Waals surface area contributed by atoms with Crippen LogP contribution in [0.1, 0.15) is 30.5 Å². The highest BCUT2D eigenvalue weighted by Crippen LogP contribution is 2.42. The van der Waals surface area contributed by atoms with Crippen molar-refractivity contribution < 1.29 is 9.13 Å². The third kappa shape index (κ3) is 4.77. The summed E-state index contributed by atoms with van der Waals surface area (Å²) in [6, 6.07) is 10.2. The van der Waals surface area contributed by atoms with E-state index in [2.05, 4.69) is 25.5 Å². The smallest absolute Gasteiger partial charge is 0.234 e. The highest BCUT2D eigenvalue weighted by Gasteiger charge is 2.20. The molecule has 0 atom stereocenters. The molecule has 9 heteroatoms. The van der Waals surface area contributed by atoms with Crippen LogP contribution in [-0.4, -0.2) is 20.2 Å². The number of fused-ring (bicyclic) bond motifs is 3. The Hall–Kier alpha value is -3.23. The molecule has 170 valence electrons. The predicted octanol–water partition coefficient (Wildman–Crippen LogP) is 6.89. The lowest BCUT2D eigenvalue weighted by Crippen LogP contribution is -1.99. The number of H-pyrrole nitrogens is 1. The molecule has 0 spiro atoms. The molecule has 1 aromatic carbocycles. The minimum Gasteiger partial charge on any atom is -0.472 e. The zero-order valence-corrected chi connectivity index (χ0v) is 20.0. The monoisotopic (exact) mass is 483 g/mol. The molecule has 0 aliphatic carbocycles. The molecule has 6 nitrogen and oxygen atoms in total. The quantitative estimate of drug-likeness (QED) is 0.275. The average Bonchev–Trinajstić information content (AvgIpc) is 3.41. The highest BCUT2D eigenvalue weighted by molar-refractivity contribution is 7.26. The van der Waals surface area contributed by atoms with Crippen LogP contribution >= 0.6 is 22.9 Å². The van der Waals surface area contributed by atoms with Crippen molar-refractivity contribution >= 4 is 49.2 Å². The summed E-state index contributed by atoms with van der Waals surface area (Å²) in [5.74, 6) is 0.870. The van der Waals surface area contributed by atoms with Crippen LogP contribution in [0, 0.1) is 12.7 Å². The normalized spacial score (nSPS) is 10.8. The molecule has 2 N–H and O–H groups in total. The lowest BCUT2D eigenvalue weighted by molar-refractivity contribution is 0.295. The molecule has 5 rings (SSSR count). The number of aromatic amines is 1. The Balaban J connectivity index is 0.00000126. The van der Waals surface area contributed by atoms with E-state index in [0.717, 1.165) is 42.9 Å². The van der Waals surface area contributed by atoms with Crippen LogP contribution < -0.4 is 10.1 Å². The van der Waals surface area contributed by atoms with Gasteiger partial charge in [-0.2, -0.15) is 5.10 Å². The number of hydrogen-bond donors (Lipinski definition) is 2. The fraction of sp³-hybridized carbons (Fsp3) is 0.208. The molecule has 0 bridgehead atoms. The number of rotatable bonds is 6. The molecular weight excluding hydrogens is 461 g/mol. The van der Waals surface area contributed by atoms with E-state index in [1.54, 1.807) is 24.5 Å². The van der Waals surface area contributed by atoms with Crippen molar-refractivity contribution in [3.8, 4) is 5.88 Å². The summed E-state index contributed by atoms with van der Waals surface area (Å²) in [4.78, 5) is 9.49. The lowest BCUT2D eigenvalue weighted by atomic mass is 10.2. The van der Waals surface area contributed by atoms with Crippen LogP contribution in [0.5, 0.6) is 5.88 Å². The molecule has 0 aliphatic rings. The van der Waals surface area contributed by atoms with Gasteiger partial charge >= 0.3 is 0 Å². The summed E-state index contributed by atoms with van der Waals surface area (Å²) >= 11 is 8.10. The standard InChI is InChI=1S/C22H17ClFN5OS.C2H6/c1-12-16-18-19(20(29-28-18)26-10-13-2-4-15(24)5-3-13)31-22(16)27-21(17(12)23)30-11-14-6-8-25-9-7-14;1-2/h2-9H,10-11H2,1H3,(H2,26,28,29);1-2H3. The van der Waals surface area contributed by atoms with Gasteiger partial charge in [0.05, 0.1) is 10.2 Å². The summed E-state index contributed by atoms with van der Waals surface area (Å²) < 4.78 is 20.0. The summed E-state index contributed by atoms with van der Waals surface area (Å²) in [6.45, 7) is 6.83. The van der Waals surface area contributed by atoms with Gasteiger partial charge in [-0.1, -0.05) is 37.6 Å². The fourth-order valence-electron chi connectivity index (χ4n) is 3.33. The molecule has 0 unspecified atom stereocenters. The zero-order valence-electron chi connectivity index (χ0n) is 18.4. The number of hydrogen-bond acceptors (Lipinski definition) is 6. The second kappa shape index (κ2) is 10.1. The Labute approximate surface area is 199 Å². The molecule has 5 aromatic rings. The molecule has 0 saturated heterocycles.